The lowest BCUT2D eigenvalue weighted by Gasteiger charge is -2.26. The second-order valence-corrected chi connectivity index (χ2v) is 7.92. The van der Waals surface area contributed by atoms with Crippen molar-refractivity contribution >= 4 is 21.6 Å². The lowest BCUT2D eigenvalue weighted by Crippen LogP contribution is -2.35. The van der Waals surface area contributed by atoms with Gasteiger partial charge < -0.3 is 10.1 Å². The highest BCUT2D eigenvalue weighted by Crippen LogP contribution is 2.23. The summed E-state index contributed by atoms with van der Waals surface area (Å²) in [6, 6.07) is 6.45. The molecule has 1 atom stereocenters. The predicted octanol–water partition coefficient (Wildman–Crippen LogP) is 1.98. The molecule has 23 heavy (non-hydrogen) atoms. The molecular weight excluding hydrogens is 316 g/mol. The van der Waals surface area contributed by atoms with Gasteiger partial charge >= 0.3 is 0 Å². The van der Waals surface area contributed by atoms with Crippen LogP contribution in [0.25, 0.3) is 0 Å². The van der Waals surface area contributed by atoms with Gasteiger partial charge in [0.25, 0.3) is 5.91 Å². The Hall–Kier alpha value is -1.44. The van der Waals surface area contributed by atoms with Crippen LogP contribution in [0.2, 0.25) is 0 Å². The third-order valence-corrected chi connectivity index (χ3v) is 6.17. The summed E-state index contributed by atoms with van der Waals surface area (Å²) in [5.74, 6) is -0.213. The molecule has 2 aliphatic rings. The van der Waals surface area contributed by atoms with Crippen LogP contribution in [-0.4, -0.2) is 44.4 Å². The van der Waals surface area contributed by atoms with Gasteiger partial charge in [0.05, 0.1) is 4.90 Å². The standard InChI is InChI=1S/C16H22N2O4S/c19-16(15-8-5-11-22-15)17-13-6-4-7-14(12-13)23(20,21)18-9-2-1-3-10-18/h4,6-7,12,15H,1-3,5,8-11H2,(H,17,19). The SMILES string of the molecule is O=C(Nc1cccc(S(=O)(=O)N2CCCCC2)c1)C1CCCO1. The van der Waals surface area contributed by atoms with Crippen molar-refractivity contribution in [2.45, 2.75) is 43.1 Å². The largest absolute Gasteiger partial charge is 0.368 e. The van der Waals surface area contributed by atoms with Crippen LogP contribution in [0.4, 0.5) is 5.69 Å². The number of piperidine rings is 1. The monoisotopic (exact) mass is 338 g/mol. The molecule has 3 rings (SSSR count). The molecule has 2 heterocycles. The van der Waals surface area contributed by atoms with Crippen molar-refractivity contribution < 1.29 is 17.9 Å². The number of nitrogens with one attached hydrogen (secondary N) is 1. The maximum Gasteiger partial charge on any atom is 0.253 e. The molecular formula is C16H22N2O4S. The Bertz CT molecular complexity index is 662. The highest BCUT2D eigenvalue weighted by atomic mass is 32.2. The summed E-state index contributed by atoms with van der Waals surface area (Å²) in [7, 11) is -3.49. The Balaban J connectivity index is 1.75. The first-order valence-electron chi connectivity index (χ1n) is 8.10. The summed E-state index contributed by atoms with van der Waals surface area (Å²) in [5.41, 5.74) is 0.489. The lowest BCUT2D eigenvalue weighted by atomic mass is 10.2. The summed E-state index contributed by atoms with van der Waals surface area (Å²) >= 11 is 0. The first-order valence-corrected chi connectivity index (χ1v) is 9.54. The highest BCUT2D eigenvalue weighted by Gasteiger charge is 2.27. The number of hydrogen-bond donors (Lipinski definition) is 1. The van der Waals surface area contributed by atoms with Crippen LogP contribution in [0, 0.1) is 0 Å². The second kappa shape index (κ2) is 6.98. The van der Waals surface area contributed by atoms with E-state index in [0.29, 0.717) is 31.8 Å². The molecule has 0 spiro atoms. The number of rotatable bonds is 4. The quantitative estimate of drug-likeness (QED) is 0.911. The van der Waals surface area contributed by atoms with E-state index in [0.717, 1.165) is 25.7 Å². The van der Waals surface area contributed by atoms with Crippen LogP contribution < -0.4 is 5.32 Å². The molecule has 0 aliphatic carbocycles. The smallest absolute Gasteiger partial charge is 0.253 e. The fourth-order valence-corrected chi connectivity index (χ4v) is 4.56. The van der Waals surface area contributed by atoms with Gasteiger partial charge in [-0.3, -0.25) is 4.79 Å². The van der Waals surface area contributed by atoms with Gasteiger partial charge in [-0.05, 0) is 43.9 Å². The Labute approximate surface area is 136 Å². The maximum atomic E-state index is 12.7. The topological polar surface area (TPSA) is 75.7 Å². The number of anilines is 1. The molecule has 1 N–H and O–H groups in total. The molecule has 2 saturated heterocycles. The lowest BCUT2D eigenvalue weighted by molar-refractivity contribution is -0.124. The van der Waals surface area contributed by atoms with Crippen LogP contribution in [0.3, 0.4) is 0 Å². The average molecular weight is 338 g/mol. The van der Waals surface area contributed by atoms with Gasteiger partial charge in [0, 0.05) is 25.4 Å². The summed E-state index contributed by atoms with van der Waals surface area (Å²) in [5, 5.41) is 2.75. The number of carbonyl (C=O) groups is 1. The normalized spacial score (nSPS) is 22.9. The number of ether oxygens (including phenoxy) is 1. The van der Waals surface area contributed by atoms with E-state index in [2.05, 4.69) is 5.32 Å². The Morgan fingerprint density at radius 3 is 2.65 bits per heavy atom. The average Bonchev–Trinajstić information content (AvgIpc) is 3.10. The number of hydrogen-bond acceptors (Lipinski definition) is 4. The van der Waals surface area contributed by atoms with E-state index in [1.165, 1.54) is 10.4 Å². The van der Waals surface area contributed by atoms with Gasteiger partial charge in [0.2, 0.25) is 10.0 Å². The summed E-state index contributed by atoms with van der Waals surface area (Å²) in [4.78, 5) is 12.3. The van der Waals surface area contributed by atoms with Crippen molar-refractivity contribution in [1.29, 1.82) is 0 Å². The van der Waals surface area contributed by atoms with Gasteiger partial charge in [-0.2, -0.15) is 4.31 Å². The van der Waals surface area contributed by atoms with Crippen molar-refractivity contribution in [3.8, 4) is 0 Å². The fraction of sp³-hybridized carbons (Fsp3) is 0.562. The third kappa shape index (κ3) is 3.73. The fourth-order valence-electron chi connectivity index (χ4n) is 3.00. The molecule has 1 unspecified atom stereocenters. The molecule has 0 radical (unpaired) electrons. The minimum Gasteiger partial charge on any atom is -0.368 e. The van der Waals surface area contributed by atoms with Crippen molar-refractivity contribution in [2.24, 2.45) is 0 Å². The Kier molecular flexibility index (Phi) is 4.99. The molecule has 6 nitrogen and oxygen atoms in total. The number of sulfonamides is 1. The number of benzene rings is 1. The molecule has 0 bridgehead atoms. The van der Waals surface area contributed by atoms with E-state index in [9.17, 15) is 13.2 Å². The van der Waals surface area contributed by atoms with Crippen molar-refractivity contribution in [2.75, 3.05) is 25.0 Å². The van der Waals surface area contributed by atoms with Crippen LogP contribution in [0.1, 0.15) is 32.1 Å². The van der Waals surface area contributed by atoms with Crippen molar-refractivity contribution in [1.82, 2.24) is 4.31 Å². The van der Waals surface area contributed by atoms with Gasteiger partial charge in [0.15, 0.2) is 0 Å². The molecule has 2 fully saturated rings. The molecule has 126 valence electrons. The van der Waals surface area contributed by atoms with E-state index >= 15 is 0 Å². The molecule has 0 aromatic heterocycles. The third-order valence-electron chi connectivity index (χ3n) is 4.28. The molecule has 7 heteroatoms. The zero-order chi connectivity index (χ0) is 16.3. The van der Waals surface area contributed by atoms with Crippen molar-refractivity contribution in [3.05, 3.63) is 24.3 Å². The van der Waals surface area contributed by atoms with E-state index in [-0.39, 0.29) is 10.8 Å². The minimum absolute atomic E-state index is 0.213. The molecule has 1 amide bonds. The maximum absolute atomic E-state index is 12.7. The minimum atomic E-state index is -3.49. The van der Waals surface area contributed by atoms with Gasteiger partial charge in [-0.15, -0.1) is 0 Å². The van der Waals surface area contributed by atoms with Crippen LogP contribution in [-0.2, 0) is 19.6 Å². The Morgan fingerprint density at radius 1 is 1.17 bits per heavy atom. The summed E-state index contributed by atoms with van der Waals surface area (Å²) < 4.78 is 32.2. The molecule has 0 saturated carbocycles. The number of amides is 1. The van der Waals surface area contributed by atoms with Gasteiger partial charge in [-0.1, -0.05) is 12.5 Å². The molecule has 2 aliphatic heterocycles. The first kappa shape index (κ1) is 16.4. The van der Waals surface area contributed by atoms with Crippen molar-refractivity contribution in [3.63, 3.8) is 0 Å². The van der Waals surface area contributed by atoms with Crippen LogP contribution >= 0.6 is 0 Å². The summed E-state index contributed by atoms with van der Waals surface area (Å²) in [6.07, 6.45) is 4.02. The predicted molar refractivity (Wildman–Crippen MR) is 86.7 cm³/mol. The molecule has 1 aromatic carbocycles. The number of carbonyl (C=O) groups excluding carboxylic acids is 1. The van der Waals surface area contributed by atoms with Gasteiger partial charge in [0.1, 0.15) is 6.10 Å². The first-order chi connectivity index (χ1) is 11.1. The van der Waals surface area contributed by atoms with E-state index in [1.54, 1.807) is 18.2 Å². The second-order valence-electron chi connectivity index (χ2n) is 5.98. The van der Waals surface area contributed by atoms with E-state index in [4.69, 9.17) is 4.74 Å². The van der Waals surface area contributed by atoms with Gasteiger partial charge in [-0.25, -0.2) is 8.42 Å². The summed E-state index contributed by atoms with van der Waals surface area (Å²) in [6.45, 7) is 1.73. The number of nitrogens with zero attached hydrogens (tertiary/aromatic N) is 1. The zero-order valence-electron chi connectivity index (χ0n) is 13.0. The zero-order valence-corrected chi connectivity index (χ0v) is 13.8. The molecule has 1 aromatic rings. The van der Waals surface area contributed by atoms with Crippen LogP contribution in [0.15, 0.2) is 29.2 Å². The van der Waals surface area contributed by atoms with E-state index in [1.807, 2.05) is 0 Å². The Morgan fingerprint density at radius 2 is 1.96 bits per heavy atom. The highest BCUT2D eigenvalue weighted by molar-refractivity contribution is 7.89. The van der Waals surface area contributed by atoms with E-state index < -0.39 is 16.1 Å². The van der Waals surface area contributed by atoms with Crippen LogP contribution in [0.5, 0.6) is 0 Å².